The summed E-state index contributed by atoms with van der Waals surface area (Å²) in [7, 11) is 0. The van der Waals surface area contributed by atoms with E-state index >= 15 is 0 Å². The van der Waals surface area contributed by atoms with E-state index in [1.807, 2.05) is 24.3 Å². The van der Waals surface area contributed by atoms with Gasteiger partial charge in [-0.3, -0.25) is 14.8 Å². The van der Waals surface area contributed by atoms with Crippen molar-refractivity contribution in [2.75, 3.05) is 5.32 Å². The van der Waals surface area contributed by atoms with Crippen molar-refractivity contribution < 1.29 is 9.21 Å². The predicted molar refractivity (Wildman–Crippen MR) is 85.7 cm³/mol. The van der Waals surface area contributed by atoms with Crippen LogP contribution < -0.4 is 10.6 Å². The van der Waals surface area contributed by atoms with Gasteiger partial charge in [-0.05, 0) is 35.9 Å². The van der Waals surface area contributed by atoms with Gasteiger partial charge in [0.25, 0.3) is 5.91 Å². The van der Waals surface area contributed by atoms with Crippen molar-refractivity contribution in [2.45, 2.75) is 13.1 Å². The van der Waals surface area contributed by atoms with Crippen LogP contribution in [0.5, 0.6) is 0 Å². The Labute approximate surface area is 133 Å². The molecule has 6 nitrogen and oxygen atoms in total. The average molecular weight is 308 g/mol. The van der Waals surface area contributed by atoms with Gasteiger partial charge >= 0.3 is 0 Å². The smallest absolute Gasteiger partial charge is 0.270 e. The lowest BCUT2D eigenvalue weighted by molar-refractivity contribution is 0.0946. The third kappa shape index (κ3) is 4.16. The number of aromatic nitrogens is 2. The molecule has 116 valence electrons. The summed E-state index contributed by atoms with van der Waals surface area (Å²) in [5.41, 5.74) is 2.11. The number of hydrogen-bond donors (Lipinski definition) is 2. The first kappa shape index (κ1) is 14.8. The summed E-state index contributed by atoms with van der Waals surface area (Å²) in [5, 5.41) is 6.02. The molecule has 0 saturated heterocycles. The number of nitrogens with zero attached hydrogens (tertiary/aromatic N) is 2. The summed E-state index contributed by atoms with van der Waals surface area (Å²) in [6.07, 6.45) is 6.64. The maximum Gasteiger partial charge on any atom is 0.270 e. The van der Waals surface area contributed by atoms with E-state index in [1.165, 1.54) is 0 Å². The van der Waals surface area contributed by atoms with Crippen LogP contribution >= 0.6 is 0 Å². The summed E-state index contributed by atoms with van der Waals surface area (Å²) >= 11 is 0. The number of carbonyl (C=O) groups excluding carboxylic acids is 1. The first-order valence-electron chi connectivity index (χ1n) is 7.21. The molecule has 0 radical (unpaired) electrons. The molecule has 1 amide bonds. The molecular weight excluding hydrogens is 292 g/mol. The van der Waals surface area contributed by atoms with E-state index in [1.54, 1.807) is 37.0 Å². The minimum absolute atomic E-state index is 0.226. The monoisotopic (exact) mass is 308 g/mol. The van der Waals surface area contributed by atoms with Crippen LogP contribution in [0.25, 0.3) is 0 Å². The van der Waals surface area contributed by atoms with Gasteiger partial charge in [-0.15, -0.1) is 0 Å². The first-order chi connectivity index (χ1) is 11.3. The van der Waals surface area contributed by atoms with Crippen molar-refractivity contribution in [3.8, 4) is 0 Å². The van der Waals surface area contributed by atoms with E-state index in [9.17, 15) is 4.79 Å². The summed E-state index contributed by atoms with van der Waals surface area (Å²) in [5.74, 6) is 0.597. The molecule has 0 aromatic carbocycles. The number of pyridine rings is 2. The zero-order valence-electron chi connectivity index (χ0n) is 12.4. The molecule has 0 spiro atoms. The Morgan fingerprint density at radius 3 is 2.87 bits per heavy atom. The molecule has 0 aliphatic carbocycles. The van der Waals surface area contributed by atoms with Gasteiger partial charge in [-0.1, -0.05) is 6.07 Å². The minimum atomic E-state index is -0.226. The van der Waals surface area contributed by atoms with Gasteiger partial charge in [0.05, 0.1) is 12.8 Å². The fraction of sp³-hybridized carbons (Fsp3) is 0.118. The molecule has 3 aromatic rings. The number of amides is 1. The number of furan rings is 1. The largest absolute Gasteiger partial charge is 0.467 e. The fourth-order valence-electron chi connectivity index (χ4n) is 2.04. The van der Waals surface area contributed by atoms with Crippen LogP contribution in [0.3, 0.4) is 0 Å². The predicted octanol–water partition coefficient (Wildman–Crippen LogP) is 2.61. The Morgan fingerprint density at radius 1 is 1.13 bits per heavy atom. The Morgan fingerprint density at radius 2 is 2.09 bits per heavy atom. The Bertz CT molecular complexity index is 757. The highest BCUT2D eigenvalue weighted by Crippen LogP contribution is 2.11. The molecule has 3 aromatic heterocycles. The molecule has 2 N–H and O–H groups in total. The van der Waals surface area contributed by atoms with Crippen molar-refractivity contribution >= 4 is 11.6 Å². The van der Waals surface area contributed by atoms with Crippen LogP contribution in [0, 0.1) is 0 Å². The van der Waals surface area contributed by atoms with Gasteiger partial charge in [0.1, 0.15) is 11.5 Å². The number of carbonyl (C=O) groups is 1. The van der Waals surface area contributed by atoms with Crippen LogP contribution in [0.1, 0.15) is 21.8 Å². The topological polar surface area (TPSA) is 80.0 Å². The van der Waals surface area contributed by atoms with Crippen molar-refractivity contribution in [1.29, 1.82) is 0 Å². The van der Waals surface area contributed by atoms with Crippen LogP contribution in [-0.4, -0.2) is 15.9 Å². The highest BCUT2D eigenvalue weighted by atomic mass is 16.3. The van der Waals surface area contributed by atoms with Crippen molar-refractivity contribution in [1.82, 2.24) is 15.3 Å². The number of rotatable bonds is 6. The van der Waals surface area contributed by atoms with E-state index < -0.39 is 0 Å². The molecule has 0 aliphatic rings. The SMILES string of the molecule is O=C(NCc1cccnc1)c1cc(NCc2ccco2)ccn1. The molecule has 6 heteroatoms. The highest BCUT2D eigenvalue weighted by molar-refractivity contribution is 5.93. The second-order valence-electron chi connectivity index (χ2n) is 4.91. The van der Waals surface area contributed by atoms with Crippen molar-refractivity contribution in [3.05, 3.63) is 78.3 Å². The van der Waals surface area contributed by atoms with Gasteiger partial charge < -0.3 is 15.1 Å². The second-order valence-corrected chi connectivity index (χ2v) is 4.91. The van der Waals surface area contributed by atoms with E-state index in [2.05, 4.69) is 20.6 Å². The van der Waals surface area contributed by atoms with Crippen molar-refractivity contribution in [3.63, 3.8) is 0 Å². The van der Waals surface area contributed by atoms with Crippen molar-refractivity contribution in [2.24, 2.45) is 0 Å². The standard InChI is InChI=1S/C17H16N4O2/c22-17(21-11-13-3-1-6-18-10-13)16-9-14(5-7-19-16)20-12-15-4-2-8-23-15/h1-10H,11-12H2,(H,19,20)(H,21,22). The van der Waals surface area contributed by atoms with Crippen LogP contribution in [0.15, 0.2) is 65.7 Å². The molecule has 0 atom stereocenters. The third-order valence-electron chi connectivity index (χ3n) is 3.22. The van der Waals surface area contributed by atoms with E-state index in [0.29, 0.717) is 18.8 Å². The molecule has 0 unspecified atom stereocenters. The van der Waals surface area contributed by atoms with Crippen LogP contribution in [-0.2, 0) is 13.1 Å². The number of hydrogen-bond acceptors (Lipinski definition) is 5. The zero-order valence-corrected chi connectivity index (χ0v) is 12.4. The van der Waals surface area contributed by atoms with Gasteiger partial charge in [0, 0.05) is 30.8 Å². The fourth-order valence-corrected chi connectivity index (χ4v) is 2.04. The quantitative estimate of drug-likeness (QED) is 0.731. The maximum absolute atomic E-state index is 12.2. The number of nitrogens with one attached hydrogen (secondary N) is 2. The van der Waals surface area contributed by atoms with Crippen LogP contribution in [0.2, 0.25) is 0 Å². The Hall–Kier alpha value is -3.15. The van der Waals surface area contributed by atoms with E-state index in [4.69, 9.17) is 4.42 Å². The maximum atomic E-state index is 12.2. The van der Waals surface area contributed by atoms with Crippen LogP contribution in [0.4, 0.5) is 5.69 Å². The molecule has 0 fully saturated rings. The normalized spacial score (nSPS) is 10.3. The molecular formula is C17H16N4O2. The molecule has 23 heavy (non-hydrogen) atoms. The Balaban J connectivity index is 1.58. The minimum Gasteiger partial charge on any atom is -0.467 e. The van der Waals surface area contributed by atoms with Gasteiger partial charge in [0.15, 0.2) is 0 Å². The molecule has 3 heterocycles. The average Bonchev–Trinajstić information content (AvgIpc) is 3.12. The lowest BCUT2D eigenvalue weighted by Gasteiger charge is -2.07. The Kier molecular flexibility index (Phi) is 4.63. The molecule has 0 saturated carbocycles. The first-order valence-corrected chi connectivity index (χ1v) is 7.21. The van der Waals surface area contributed by atoms with E-state index in [0.717, 1.165) is 17.0 Å². The molecule has 0 aliphatic heterocycles. The second kappa shape index (κ2) is 7.22. The summed E-state index contributed by atoms with van der Waals surface area (Å²) in [6.45, 7) is 0.964. The molecule has 3 rings (SSSR count). The molecule has 0 bridgehead atoms. The summed E-state index contributed by atoms with van der Waals surface area (Å²) in [4.78, 5) is 20.3. The summed E-state index contributed by atoms with van der Waals surface area (Å²) in [6, 6.07) is 11.0. The zero-order chi connectivity index (χ0) is 15.9. The highest BCUT2D eigenvalue weighted by Gasteiger charge is 2.08. The lowest BCUT2D eigenvalue weighted by Crippen LogP contribution is -2.23. The number of anilines is 1. The van der Waals surface area contributed by atoms with Gasteiger partial charge in [0.2, 0.25) is 0 Å². The van der Waals surface area contributed by atoms with Gasteiger partial charge in [-0.25, -0.2) is 0 Å². The van der Waals surface area contributed by atoms with E-state index in [-0.39, 0.29) is 5.91 Å². The third-order valence-corrected chi connectivity index (χ3v) is 3.22. The van der Waals surface area contributed by atoms with Gasteiger partial charge in [-0.2, -0.15) is 0 Å². The summed E-state index contributed by atoms with van der Waals surface area (Å²) < 4.78 is 5.26. The lowest BCUT2D eigenvalue weighted by atomic mass is 10.2.